The molecule has 17 heavy (non-hydrogen) atoms. The van der Waals surface area contributed by atoms with Gasteiger partial charge in [-0.15, -0.1) is 0 Å². The van der Waals surface area contributed by atoms with Crippen LogP contribution in [0.3, 0.4) is 0 Å². The number of amides is 1. The van der Waals surface area contributed by atoms with Crippen molar-refractivity contribution in [2.45, 2.75) is 0 Å². The van der Waals surface area contributed by atoms with E-state index in [-0.39, 0.29) is 17.9 Å². The molecule has 0 bridgehead atoms. The lowest BCUT2D eigenvalue weighted by molar-refractivity contribution is -0.139. The molecule has 0 aliphatic rings. The minimum absolute atomic E-state index is 0.201. The monoisotopic (exact) mass is 238 g/mol. The van der Waals surface area contributed by atoms with Gasteiger partial charge in [0.1, 0.15) is 6.54 Å². The first kappa shape index (κ1) is 12.8. The molecule has 0 radical (unpaired) electrons. The normalized spacial score (nSPS) is 9.53. The zero-order chi connectivity index (χ0) is 12.8. The summed E-state index contributed by atoms with van der Waals surface area (Å²) < 4.78 is 9.44. The van der Waals surface area contributed by atoms with Crippen LogP contribution in [-0.2, 0) is 9.53 Å². The quantitative estimate of drug-likeness (QED) is 0.576. The Morgan fingerprint density at radius 2 is 2.06 bits per heavy atom. The molecule has 92 valence electrons. The number of benzene rings is 1. The number of nitrogens with two attached hydrogens (primary N) is 1. The van der Waals surface area contributed by atoms with E-state index in [1.165, 1.54) is 14.2 Å². The molecule has 1 aromatic rings. The lowest BCUT2D eigenvalue weighted by Gasteiger charge is -2.10. The van der Waals surface area contributed by atoms with Crippen LogP contribution in [0.4, 0.5) is 5.69 Å². The van der Waals surface area contributed by atoms with Gasteiger partial charge in [0.05, 0.1) is 25.5 Å². The highest BCUT2D eigenvalue weighted by Crippen LogP contribution is 2.25. The number of rotatable bonds is 4. The standard InChI is InChI=1S/C11H14N2O4/c1-16-9(14)6-13-11(15)7-4-3-5-8(12)10(7)17-2/h3-5H,6,12H2,1-2H3,(H,13,15). The summed E-state index contributed by atoms with van der Waals surface area (Å²) in [4.78, 5) is 22.6. The first-order valence-corrected chi connectivity index (χ1v) is 4.87. The Kier molecular flexibility index (Phi) is 4.33. The van der Waals surface area contributed by atoms with Gasteiger partial charge in [-0.1, -0.05) is 6.07 Å². The van der Waals surface area contributed by atoms with Crippen LogP contribution >= 0.6 is 0 Å². The van der Waals surface area contributed by atoms with Crippen LogP contribution in [0.5, 0.6) is 5.75 Å². The highest BCUT2D eigenvalue weighted by atomic mass is 16.5. The van der Waals surface area contributed by atoms with Gasteiger partial charge < -0.3 is 20.5 Å². The minimum Gasteiger partial charge on any atom is -0.494 e. The molecule has 0 unspecified atom stereocenters. The summed E-state index contributed by atoms with van der Waals surface area (Å²) in [6, 6.07) is 4.81. The zero-order valence-corrected chi connectivity index (χ0v) is 9.65. The first-order chi connectivity index (χ1) is 8.10. The molecule has 3 N–H and O–H groups in total. The Balaban J connectivity index is 2.82. The number of anilines is 1. The Bertz CT molecular complexity index is 431. The third kappa shape index (κ3) is 3.10. The molecule has 0 atom stereocenters. The van der Waals surface area contributed by atoms with E-state index in [2.05, 4.69) is 10.1 Å². The molecule has 0 aliphatic heterocycles. The number of carbonyl (C=O) groups is 2. The van der Waals surface area contributed by atoms with Crippen molar-refractivity contribution in [3.63, 3.8) is 0 Å². The third-order valence-electron chi connectivity index (χ3n) is 2.12. The van der Waals surface area contributed by atoms with E-state index in [0.717, 1.165) is 0 Å². The zero-order valence-electron chi connectivity index (χ0n) is 9.65. The molecule has 0 aliphatic carbocycles. The van der Waals surface area contributed by atoms with Crippen molar-refractivity contribution < 1.29 is 19.1 Å². The molecule has 1 rings (SSSR count). The largest absolute Gasteiger partial charge is 0.494 e. The van der Waals surface area contributed by atoms with E-state index in [0.29, 0.717) is 5.69 Å². The molecule has 0 aromatic heterocycles. The molecule has 6 heteroatoms. The fraction of sp³-hybridized carbons (Fsp3) is 0.273. The summed E-state index contributed by atoms with van der Waals surface area (Å²) in [5.41, 5.74) is 6.29. The van der Waals surface area contributed by atoms with Gasteiger partial charge in [0.25, 0.3) is 5.91 Å². The predicted octanol–water partition coefficient (Wildman–Crippen LogP) is 0.180. The third-order valence-corrected chi connectivity index (χ3v) is 2.12. The maximum absolute atomic E-state index is 11.7. The molecule has 0 heterocycles. The van der Waals surface area contributed by atoms with Gasteiger partial charge in [-0.2, -0.15) is 0 Å². The fourth-order valence-electron chi connectivity index (χ4n) is 1.28. The maximum atomic E-state index is 11.7. The number of carbonyl (C=O) groups excluding carboxylic acids is 2. The molecule has 6 nitrogen and oxygen atoms in total. The van der Waals surface area contributed by atoms with Crippen LogP contribution in [-0.4, -0.2) is 32.6 Å². The van der Waals surface area contributed by atoms with Gasteiger partial charge in [-0.05, 0) is 12.1 Å². The average Bonchev–Trinajstić information content (AvgIpc) is 2.35. The molecule has 0 fully saturated rings. The Labute approximate surface area is 98.7 Å². The van der Waals surface area contributed by atoms with Crippen molar-refractivity contribution in [2.75, 3.05) is 26.5 Å². The highest BCUT2D eigenvalue weighted by molar-refractivity contribution is 5.99. The van der Waals surface area contributed by atoms with Gasteiger partial charge >= 0.3 is 5.97 Å². The lowest BCUT2D eigenvalue weighted by atomic mass is 10.1. The average molecular weight is 238 g/mol. The number of nitrogen functional groups attached to an aromatic ring is 1. The van der Waals surface area contributed by atoms with E-state index < -0.39 is 11.9 Å². The topological polar surface area (TPSA) is 90.7 Å². The van der Waals surface area contributed by atoms with Crippen LogP contribution < -0.4 is 15.8 Å². The van der Waals surface area contributed by atoms with Crippen LogP contribution in [0.1, 0.15) is 10.4 Å². The van der Waals surface area contributed by atoms with Crippen LogP contribution in [0.2, 0.25) is 0 Å². The Morgan fingerprint density at radius 1 is 1.35 bits per heavy atom. The fourth-order valence-corrected chi connectivity index (χ4v) is 1.28. The van der Waals surface area contributed by atoms with Crippen molar-refractivity contribution in [2.24, 2.45) is 0 Å². The van der Waals surface area contributed by atoms with Crippen molar-refractivity contribution in [1.82, 2.24) is 5.32 Å². The van der Waals surface area contributed by atoms with Crippen LogP contribution in [0.25, 0.3) is 0 Å². The van der Waals surface area contributed by atoms with Crippen LogP contribution in [0.15, 0.2) is 18.2 Å². The first-order valence-electron chi connectivity index (χ1n) is 4.87. The summed E-state index contributed by atoms with van der Waals surface area (Å²) in [7, 11) is 2.67. The molecule has 0 saturated heterocycles. The summed E-state index contributed by atoms with van der Waals surface area (Å²) in [6.07, 6.45) is 0. The number of esters is 1. The summed E-state index contributed by atoms with van der Waals surface area (Å²) in [6.45, 7) is -0.201. The van der Waals surface area contributed by atoms with Gasteiger partial charge in [0.15, 0.2) is 5.75 Å². The van der Waals surface area contributed by atoms with E-state index in [1.54, 1.807) is 18.2 Å². The smallest absolute Gasteiger partial charge is 0.325 e. The summed E-state index contributed by atoms with van der Waals surface area (Å²) in [5, 5.41) is 2.40. The van der Waals surface area contributed by atoms with Crippen molar-refractivity contribution in [3.8, 4) is 5.75 Å². The number of para-hydroxylation sites is 1. The second kappa shape index (κ2) is 5.74. The number of hydrogen-bond acceptors (Lipinski definition) is 5. The van der Waals surface area contributed by atoms with Gasteiger partial charge in [-0.25, -0.2) is 0 Å². The van der Waals surface area contributed by atoms with Crippen molar-refractivity contribution in [1.29, 1.82) is 0 Å². The van der Waals surface area contributed by atoms with E-state index in [4.69, 9.17) is 10.5 Å². The molecular formula is C11H14N2O4. The van der Waals surface area contributed by atoms with Gasteiger partial charge in [0.2, 0.25) is 0 Å². The van der Waals surface area contributed by atoms with E-state index in [1.807, 2.05) is 0 Å². The SMILES string of the molecule is COC(=O)CNC(=O)c1cccc(N)c1OC. The predicted molar refractivity (Wildman–Crippen MR) is 61.8 cm³/mol. The maximum Gasteiger partial charge on any atom is 0.325 e. The number of methoxy groups -OCH3 is 2. The number of hydrogen-bond donors (Lipinski definition) is 2. The van der Waals surface area contributed by atoms with Gasteiger partial charge in [-0.3, -0.25) is 9.59 Å². The summed E-state index contributed by atoms with van der Waals surface area (Å²) in [5.74, 6) is -0.685. The van der Waals surface area contributed by atoms with E-state index in [9.17, 15) is 9.59 Å². The Morgan fingerprint density at radius 3 is 2.65 bits per heavy atom. The molecule has 0 saturated carbocycles. The molecule has 1 aromatic carbocycles. The number of nitrogens with one attached hydrogen (secondary N) is 1. The van der Waals surface area contributed by atoms with Gasteiger partial charge in [0, 0.05) is 0 Å². The van der Waals surface area contributed by atoms with Crippen molar-refractivity contribution >= 4 is 17.6 Å². The van der Waals surface area contributed by atoms with Crippen molar-refractivity contribution in [3.05, 3.63) is 23.8 Å². The number of ether oxygens (including phenoxy) is 2. The summed E-state index contributed by atoms with van der Waals surface area (Å²) >= 11 is 0. The van der Waals surface area contributed by atoms with E-state index >= 15 is 0 Å². The minimum atomic E-state index is -0.527. The molecular weight excluding hydrogens is 224 g/mol. The van der Waals surface area contributed by atoms with Crippen LogP contribution in [0, 0.1) is 0 Å². The second-order valence-corrected chi connectivity index (χ2v) is 3.19. The highest BCUT2D eigenvalue weighted by Gasteiger charge is 2.14. The molecule has 0 spiro atoms. The Hall–Kier alpha value is -2.24. The second-order valence-electron chi connectivity index (χ2n) is 3.19. The lowest BCUT2D eigenvalue weighted by Crippen LogP contribution is -2.30. The molecule has 1 amide bonds.